The first-order valence-electron chi connectivity index (χ1n) is 6.98. The minimum absolute atomic E-state index is 0.128. The molecule has 0 aromatic heterocycles. The number of hydroxylamine groups is 2. The van der Waals surface area contributed by atoms with Crippen molar-refractivity contribution in [2.45, 2.75) is 26.2 Å². The molecule has 1 aliphatic rings. The molecule has 0 radical (unpaired) electrons. The molecule has 0 aromatic carbocycles. The quantitative estimate of drug-likeness (QED) is 0.516. The standard InChI is InChI=1S/C13H23NO6/c1-2-17-8-9-19-11-10-18-7-5-13(16)20-14-6-3-4-12(14)15/h2-11H2,1H3. The highest BCUT2D eigenvalue weighted by Crippen LogP contribution is 2.10. The van der Waals surface area contributed by atoms with Gasteiger partial charge in [-0.3, -0.25) is 4.79 Å². The third-order valence-corrected chi connectivity index (χ3v) is 2.64. The fourth-order valence-corrected chi connectivity index (χ4v) is 1.63. The molecule has 116 valence electrons. The average Bonchev–Trinajstić information content (AvgIpc) is 2.82. The second kappa shape index (κ2) is 10.6. The number of carbonyl (C=O) groups excluding carboxylic acids is 2. The zero-order chi connectivity index (χ0) is 14.6. The summed E-state index contributed by atoms with van der Waals surface area (Å²) in [4.78, 5) is 27.5. The van der Waals surface area contributed by atoms with Crippen molar-refractivity contribution in [3.63, 3.8) is 0 Å². The first kappa shape index (κ1) is 16.9. The Hall–Kier alpha value is -1.18. The smallest absolute Gasteiger partial charge is 0.334 e. The van der Waals surface area contributed by atoms with Crippen LogP contribution in [0, 0.1) is 0 Å². The van der Waals surface area contributed by atoms with E-state index in [2.05, 4.69) is 0 Å². The molecule has 0 unspecified atom stereocenters. The Morgan fingerprint density at radius 3 is 2.35 bits per heavy atom. The minimum Gasteiger partial charge on any atom is -0.379 e. The second-order valence-corrected chi connectivity index (χ2v) is 4.23. The molecule has 7 nitrogen and oxygen atoms in total. The van der Waals surface area contributed by atoms with Gasteiger partial charge in [0.2, 0.25) is 0 Å². The maximum absolute atomic E-state index is 11.4. The van der Waals surface area contributed by atoms with Gasteiger partial charge in [0.05, 0.1) is 46.0 Å². The van der Waals surface area contributed by atoms with Crippen molar-refractivity contribution < 1.29 is 28.6 Å². The fraction of sp³-hybridized carbons (Fsp3) is 0.846. The van der Waals surface area contributed by atoms with Gasteiger partial charge in [-0.1, -0.05) is 0 Å². The molecule has 0 spiro atoms. The molecule has 7 heteroatoms. The van der Waals surface area contributed by atoms with Crippen LogP contribution in [0.3, 0.4) is 0 Å². The van der Waals surface area contributed by atoms with Gasteiger partial charge in [-0.05, 0) is 13.3 Å². The highest BCUT2D eigenvalue weighted by atomic mass is 16.7. The van der Waals surface area contributed by atoms with E-state index < -0.39 is 5.97 Å². The molecule has 0 atom stereocenters. The van der Waals surface area contributed by atoms with E-state index in [9.17, 15) is 9.59 Å². The van der Waals surface area contributed by atoms with E-state index in [1.54, 1.807) is 0 Å². The maximum atomic E-state index is 11.4. The number of amides is 1. The van der Waals surface area contributed by atoms with Crippen molar-refractivity contribution in [3.05, 3.63) is 0 Å². The minimum atomic E-state index is -0.447. The van der Waals surface area contributed by atoms with Gasteiger partial charge in [-0.15, -0.1) is 0 Å². The lowest BCUT2D eigenvalue weighted by molar-refractivity contribution is -0.193. The first-order valence-corrected chi connectivity index (χ1v) is 6.98. The summed E-state index contributed by atoms with van der Waals surface area (Å²) in [6.45, 7) is 5.35. The number of ether oxygens (including phenoxy) is 3. The van der Waals surface area contributed by atoms with Crippen LogP contribution in [0.1, 0.15) is 26.2 Å². The lowest BCUT2D eigenvalue weighted by Gasteiger charge is -2.14. The number of rotatable bonds is 11. The summed E-state index contributed by atoms with van der Waals surface area (Å²) in [6.07, 6.45) is 1.31. The van der Waals surface area contributed by atoms with Crippen molar-refractivity contribution in [2.24, 2.45) is 0 Å². The summed E-state index contributed by atoms with van der Waals surface area (Å²) >= 11 is 0. The Labute approximate surface area is 119 Å². The van der Waals surface area contributed by atoms with Crippen LogP contribution in [0.25, 0.3) is 0 Å². The highest BCUT2D eigenvalue weighted by molar-refractivity contribution is 5.79. The van der Waals surface area contributed by atoms with Gasteiger partial charge >= 0.3 is 5.97 Å². The normalized spacial score (nSPS) is 14.8. The molecule has 0 aromatic rings. The van der Waals surface area contributed by atoms with Gasteiger partial charge in [0.15, 0.2) is 0 Å². The zero-order valence-electron chi connectivity index (χ0n) is 12.0. The number of carbonyl (C=O) groups is 2. The third-order valence-electron chi connectivity index (χ3n) is 2.64. The summed E-state index contributed by atoms with van der Waals surface area (Å²) in [5, 5.41) is 1.12. The van der Waals surface area contributed by atoms with E-state index in [0.717, 1.165) is 11.5 Å². The van der Waals surface area contributed by atoms with Crippen LogP contribution < -0.4 is 0 Å². The summed E-state index contributed by atoms with van der Waals surface area (Å²) in [6, 6.07) is 0. The molecule has 1 fully saturated rings. The summed E-state index contributed by atoms with van der Waals surface area (Å²) in [5.41, 5.74) is 0. The summed E-state index contributed by atoms with van der Waals surface area (Å²) in [5.74, 6) is -0.584. The van der Waals surface area contributed by atoms with E-state index in [1.807, 2.05) is 6.92 Å². The molecule has 1 aliphatic heterocycles. The van der Waals surface area contributed by atoms with E-state index in [4.69, 9.17) is 19.0 Å². The lowest BCUT2D eigenvalue weighted by atomic mass is 10.4. The molecule has 1 heterocycles. The monoisotopic (exact) mass is 289 g/mol. The topological polar surface area (TPSA) is 74.3 Å². The Bertz CT molecular complexity index is 297. The predicted octanol–water partition coefficient (Wildman–Crippen LogP) is 0.527. The van der Waals surface area contributed by atoms with Crippen molar-refractivity contribution in [2.75, 3.05) is 46.2 Å². The van der Waals surface area contributed by atoms with Crippen LogP contribution in [0.15, 0.2) is 0 Å². The zero-order valence-corrected chi connectivity index (χ0v) is 12.0. The van der Waals surface area contributed by atoms with Gasteiger partial charge in [0, 0.05) is 13.0 Å². The fourth-order valence-electron chi connectivity index (χ4n) is 1.63. The molecule has 1 saturated heterocycles. The highest BCUT2D eigenvalue weighted by Gasteiger charge is 2.23. The lowest BCUT2D eigenvalue weighted by Crippen LogP contribution is -2.28. The Kier molecular flexibility index (Phi) is 8.93. The van der Waals surface area contributed by atoms with Gasteiger partial charge in [0.1, 0.15) is 0 Å². The van der Waals surface area contributed by atoms with E-state index in [-0.39, 0.29) is 18.9 Å². The summed E-state index contributed by atoms with van der Waals surface area (Å²) < 4.78 is 15.6. The SMILES string of the molecule is CCOCCOCCOCCC(=O)ON1CCCC1=O. The van der Waals surface area contributed by atoms with Crippen molar-refractivity contribution in [1.82, 2.24) is 5.06 Å². The van der Waals surface area contributed by atoms with Crippen molar-refractivity contribution in [1.29, 1.82) is 0 Å². The van der Waals surface area contributed by atoms with E-state index >= 15 is 0 Å². The van der Waals surface area contributed by atoms with Gasteiger partial charge in [-0.2, -0.15) is 5.06 Å². The first-order chi connectivity index (χ1) is 9.74. The molecule has 20 heavy (non-hydrogen) atoms. The maximum Gasteiger partial charge on any atom is 0.334 e. The largest absolute Gasteiger partial charge is 0.379 e. The van der Waals surface area contributed by atoms with Crippen LogP contribution in [0.5, 0.6) is 0 Å². The Morgan fingerprint density at radius 1 is 1.10 bits per heavy atom. The molecular weight excluding hydrogens is 266 g/mol. The molecule has 1 amide bonds. The Balaban J connectivity index is 1.88. The molecular formula is C13H23NO6. The molecule has 0 N–H and O–H groups in total. The van der Waals surface area contributed by atoms with Crippen LogP contribution in [0.4, 0.5) is 0 Å². The van der Waals surface area contributed by atoms with Crippen LogP contribution in [-0.2, 0) is 28.6 Å². The Morgan fingerprint density at radius 2 is 1.75 bits per heavy atom. The van der Waals surface area contributed by atoms with Gasteiger partial charge in [-0.25, -0.2) is 4.79 Å². The average molecular weight is 289 g/mol. The van der Waals surface area contributed by atoms with E-state index in [1.165, 1.54) is 0 Å². The third kappa shape index (κ3) is 7.42. The summed E-state index contributed by atoms with van der Waals surface area (Å²) in [7, 11) is 0. The van der Waals surface area contributed by atoms with Crippen LogP contribution in [0.2, 0.25) is 0 Å². The molecule has 0 saturated carbocycles. The predicted molar refractivity (Wildman–Crippen MR) is 69.8 cm³/mol. The molecule has 0 bridgehead atoms. The molecule has 0 aliphatic carbocycles. The van der Waals surface area contributed by atoms with Crippen molar-refractivity contribution >= 4 is 11.9 Å². The second-order valence-electron chi connectivity index (χ2n) is 4.23. The van der Waals surface area contributed by atoms with Crippen LogP contribution >= 0.6 is 0 Å². The molecule has 1 rings (SSSR count). The number of hydrogen-bond acceptors (Lipinski definition) is 6. The van der Waals surface area contributed by atoms with Crippen LogP contribution in [-0.4, -0.2) is 63.1 Å². The number of nitrogens with zero attached hydrogens (tertiary/aromatic N) is 1. The van der Waals surface area contributed by atoms with Crippen molar-refractivity contribution in [3.8, 4) is 0 Å². The van der Waals surface area contributed by atoms with E-state index in [0.29, 0.717) is 46.0 Å². The number of hydrogen-bond donors (Lipinski definition) is 0. The van der Waals surface area contributed by atoms with Gasteiger partial charge in [0.25, 0.3) is 5.91 Å². The van der Waals surface area contributed by atoms with Gasteiger partial charge < -0.3 is 19.0 Å².